The number of phenols is 1. The minimum absolute atomic E-state index is 0.166. The van der Waals surface area contributed by atoms with Gasteiger partial charge >= 0.3 is 0 Å². The molecule has 1 amide bonds. The third kappa shape index (κ3) is 3.45. The van der Waals surface area contributed by atoms with Crippen molar-refractivity contribution in [3.05, 3.63) is 29.8 Å². The summed E-state index contributed by atoms with van der Waals surface area (Å²) in [6.45, 7) is 0. The summed E-state index contributed by atoms with van der Waals surface area (Å²) >= 11 is 0. The average molecular weight is 301 g/mol. The zero-order chi connectivity index (χ0) is 15.4. The fourth-order valence-electron chi connectivity index (χ4n) is 4.10. The second kappa shape index (κ2) is 7.17. The predicted octanol–water partition coefficient (Wildman–Crippen LogP) is 4.50. The Labute approximate surface area is 133 Å². The monoisotopic (exact) mass is 301 g/mol. The second-order valence-electron chi connectivity index (χ2n) is 6.84. The lowest BCUT2D eigenvalue weighted by Gasteiger charge is -2.41. The summed E-state index contributed by atoms with van der Waals surface area (Å²) in [7, 11) is 0. The highest BCUT2D eigenvalue weighted by atomic mass is 16.3. The van der Waals surface area contributed by atoms with E-state index in [-0.39, 0.29) is 11.7 Å². The molecular formula is C19H27NO2. The minimum Gasteiger partial charge on any atom is -0.508 e. The quantitative estimate of drug-likeness (QED) is 0.893. The number of phenolic OH excluding ortho intramolecular Hbond substituents is 1. The topological polar surface area (TPSA) is 40.5 Å². The van der Waals surface area contributed by atoms with E-state index in [0.717, 1.165) is 25.7 Å². The molecule has 0 aliphatic heterocycles. The van der Waals surface area contributed by atoms with Crippen LogP contribution in [-0.2, 0) is 0 Å². The van der Waals surface area contributed by atoms with Crippen molar-refractivity contribution in [1.29, 1.82) is 0 Å². The van der Waals surface area contributed by atoms with Gasteiger partial charge in [-0.1, -0.05) is 38.5 Å². The zero-order valence-corrected chi connectivity index (χ0v) is 13.3. The molecule has 3 nitrogen and oxygen atoms in total. The molecule has 1 aromatic rings. The van der Waals surface area contributed by atoms with Crippen LogP contribution in [0.15, 0.2) is 24.3 Å². The van der Waals surface area contributed by atoms with E-state index in [4.69, 9.17) is 0 Å². The van der Waals surface area contributed by atoms with E-state index in [9.17, 15) is 9.90 Å². The number of hydrogen-bond acceptors (Lipinski definition) is 2. The molecule has 1 N–H and O–H groups in total. The fraction of sp³-hybridized carbons (Fsp3) is 0.632. The van der Waals surface area contributed by atoms with Gasteiger partial charge in [0, 0.05) is 17.6 Å². The van der Waals surface area contributed by atoms with Gasteiger partial charge in [0.2, 0.25) is 0 Å². The molecule has 0 aromatic heterocycles. The standard InChI is InChI=1S/C19H27NO2/c21-18-13-11-15(12-14-18)19(22)20(16-7-3-1-4-8-16)17-9-5-2-6-10-17/h11-14,16-17,21H,1-10H2. The Kier molecular flexibility index (Phi) is 5.01. The third-order valence-corrected chi connectivity index (χ3v) is 5.28. The second-order valence-corrected chi connectivity index (χ2v) is 6.84. The van der Waals surface area contributed by atoms with Gasteiger partial charge < -0.3 is 10.0 Å². The Morgan fingerprint density at radius 1 is 0.818 bits per heavy atom. The van der Waals surface area contributed by atoms with Gasteiger partial charge in [0.25, 0.3) is 5.91 Å². The number of nitrogens with zero attached hydrogens (tertiary/aromatic N) is 1. The summed E-state index contributed by atoms with van der Waals surface area (Å²) in [4.78, 5) is 15.3. The van der Waals surface area contributed by atoms with Crippen LogP contribution in [0.2, 0.25) is 0 Å². The van der Waals surface area contributed by atoms with Crippen molar-refractivity contribution in [3.8, 4) is 5.75 Å². The Bertz CT molecular complexity index is 467. The lowest BCUT2D eigenvalue weighted by molar-refractivity contribution is 0.0448. The van der Waals surface area contributed by atoms with Crippen molar-refractivity contribution in [2.75, 3.05) is 0 Å². The van der Waals surface area contributed by atoms with Gasteiger partial charge in [-0.3, -0.25) is 4.79 Å². The van der Waals surface area contributed by atoms with E-state index >= 15 is 0 Å². The summed E-state index contributed by atoms with van der Waals surface area (Å²) < 4.78 is 0. The molecule has 0 atom stereocenters. The smallest absolute Gasteiger partial charge is 0.254 e. The fourth-order valence-corrected chi connectivity index (χ4v) is 4.10. The number of carbonyl (C=O) groups is 1. The van der Waals surface area contributed by atoms with Gasteiger partial charge in [-0.05, 0) is 49.9 Å². The average Bonchev–Trinajstić information content (AvgIpc) is 2.57. The van der Waals surface area contributed by atoms with E-state index in [2.05, 4.69) is 4.90 Å². The Hall–Kier alpha value is -1.51. The number of benzene rings is 1. The van der Waals surface area contributed by atoms with Gasteiger partial charge in [-0.25, -0.2) is 0 Å². The number of carbonyl (C=O) groups excluding carboxylic acids is 1. The summed E-state index contributed by atoms with van der Waals surface area (Å²) in [5, 5.41) is 9.45. The molecule has 3 rings (SSSR count). The van der Waals surface area contributed by atoms with Crippen molar-refractivity contribution in [3.63, 3.8) is 0 Å². The Balaban J connectivity index is 1.82. The molecule has 0 heterocycles. The van der Waals surface area contributed by atoms with Crippen molar-refractivity contribution in [1.82, 2.24) is 4.90 Å². The zero-order valence-electron chi connectivity index (χ0n) is 13.3. The number of aromatic hydroxyl groups is 1. The number of hydrogen-bond donors (Lipinski definition) is 1. The lowest BCUT2D eigenvalue weighted by atomic mass is 9.88. The van der Waals surface area contributed by atoms with Crippen molar-refractivity contribution in [2.24, 2.45) is 0 Å². The summed E-state index contributed by atoms with van der Waals surface area (Å²) in [5.74, 6) is 0.386. The maximum absolute atomic E-state index is 13.1. The highest BCUT2D eigenvalue weighted by Crippen LogP contribution is 2.31. The van der Waals surface area contributed by atoms with Gasteiger partial charge in [0.1, 0.15) is 5.75 Å². The van der Waals surface area contributed by atoms with Gasteiger partial charge in [0.15, 0.2) is 0 Å². The maximum Gasteiger partial charge on any atom is 0.254 e. The molecule has 0 saturated heterocycles. The van der Waals surface area contributed by atoms with Crippen LogP contribution in [0.1, 0.15) is 74.6 Å². The first-order chi connectivity index (χ1) is 10.8. The summed E-state index contributed by atoms with van der Waals surface area (Å²) in [5.41, 5.74) is 0.717. The van der Waals surface area contributed by atoms with Gasteiger partial charge in [-0.2, -0.15) is 0 Å². The summed E-state index contributed by atoms with van der Waals surface area (Å²) in [6.07, 6.45) is 12.2. The summed E-state index contributed by atoms with van der Waals surface area (Å²) in [6, 6.07) is 7.59. The normalized spacial score (nSPS) is 20.7. The SMILES string of the molecule is O=C(c1ccc(O)cc1)N(C1CCCCC1)C1CCCCC1. The van der Waals surface area contributed by atoms with Gasteiger partial charge in [-0.15, -0.1) is 0 Å². The minimum atomic E-state index is 0.166. The largest absolute Gasteiger partial charge is 0.508 e. The molecule has 120 valence electrons. The highest BCUT2D eigenvalue weighted by Gasteiger charge is 2.32. The first-order valence-corrected chi connectivity index (χ1v) is 8.87. The maximum atomic E-state index is 13.1. The number of rotatable bonds is 3. The van der Waals surface area contributed by atoms with Crippen LogP contribution in [0, 0.1) is 0 Å². The molecular weight excluding hydrogens is 274 g/mol. The van der Waals surface area contributed by atoms with E-state index in [0.29, 0.717) is 17.6 Å². The first-order valence-electron chi connectivity index (χ1n) is 8.87. The van der Waals surface area contributed by atoms with Crippen LogP contribution < -0.4 is 0 Å². The Morgan fingerprint density at radius 3 is 1.73 bits per heavy atom. The van der Waals surface area contributed by atoms with E-state index in [1.807, 2.05) is 0 Å². The molecule has 0 radical (unpaired) electrons. The molecule has 22 heavy (non-hydrogen) atoms. The van der Waals surface area contributed by atoms with Crippen molar-refractivity contribution < 1.29 is 9.90 Å². The molecule has 2 fully saturated rings. The van der Waals surface area contributed by atoms with Crippen LogP contribution in [0.3, 0.4) is 0 Å². The predicted molar refractivity (Wildman–Crippen MR) is 88.0 cm³/mol. The molecule has 2 saturated carbocycles. The van der Waals surface area contributed by atoms with E-state index < -0.39 is 0 Å². The molecule has 0 spiro atoms. The molecule has 2 aliphatic rings. The third-order valence-electron chi connectivity index (χ3n) is 5.28. The van der Waals surface area contributed by atoms with Crippen LogP contribution in [-0.4, -0.2) is 28.0 Å². The van der Waals surface area contributed by atoms with E-state index in [1.165, 1.54) is 38.5 Å². The molecule has 2 aliphatic carbocycles. The number of amides is 1. The molecule has 3 heteroatoms. The van der Waals surface area contributed by atoms with Crippen LogP contribution >= 0.6 is 0 Å². The lowest BCUT2D eigenvalue weighted by Crippen LogP contribution is -2.48. The van der Waals surface area contributed by atoms with Crippen molar-refractivity contribution in [2.45, 2.75) is 76.3 Å². The van der Waals surface area contributed by atoms with Crippen LogP contribution in [0.5, 0.6) is 5.75 Å². The Morgan fingerprint density at radius 2 is 1.27 bits per heavy atom. The van der Waals surface area contributed by atoms with Crippen molar-refractivity contribution >= 4 is 5.91 Å². The highest BCUT2D eigenvalue weighted by molar-refractivity contribution is 5.94. The van der Waals surface area contributed by atoms with Crippen LogP contribution in [0.4, 0.5) is 0 Å². The van der Waals surface area contributed by atoms with E-state index in [1.54, 1.807) is 24.3 Å². The van der Waals surface area contributed by atoms with Crippen LogP contribution in [0.25, 0.3) is 0 Å². The molecule has 1 aromatic carbocycles. The molecule has 0 unspecified atom stereocenters. The molecule has 0 bridgehead atoms. The van der Waals surface area contributed by atoms with Gasteiger partial charge in [0.05, 0.1) is 0 Å². The first kappa shape index (κ1) is 15.4.